The molecule has 2 heterocycles. The number of carbonyl (C=O) groups excluding carboxylic acids is 1. The summed E-state index contributed by atoms with van der Waals surface area (Å²) in [6.07, 6.45) is 2.88. The molecule has 6 nitrogen and oxygen atoms in total. The quantitative estimate of drug-likeness (QED) is 0.794. The minimum absolute atomic E-state index is 0.0540. The van der Waals surface area contributed by atoms with Crippen molar-refractivity contribution in [2.45, 2.75) is 42.7 Å². The van der Waals surface area contributed by atoms with Crippen LogP contribution in [0.4, 0.5) is 0 Å². The highest BCUT2D eigenvalue weighted by atomic mass is 32.2. The third-order valence-electron chi connectivity index (χ3n) is 6.01. The molecule has 2 aromatic carbocycles. The number of piperidine rings is 1. The van der Waals surface area contributed by atoms with Gasteiger partial charge in [-0.15, -0.1) is 0 Å². The van der Waals surface area contributed by atoms with Gasteiger partial charge in [-0.2, -0.15) is 4.31 Å². The molecule has 0 aliphatic carbocycles. The number of nitrogens with zero attached hydrogens (tertiary/aromatic N) is 1. The number of sulfonamides is 1. The van der Waals surface area contributed by atoms with Crippen molar-refractivity contribution in [2.75, 3.05) is 19.8 Å². The first-order valence-corrected chi connectivity index (χ1v) is 12.0. The largest absolute Gasteiger partial charge is 0.381 e. The van der Waals surface area contributed by atoms with Gasteiger partial charge in [0.1, 0.15) is 0 Å². The van der Waals surface area contributed by atoms with Crippen LogP contribution in [-0.2, 0) is 19.6 Å². The van der Waals surface area contributed by atoms with Gasteiger partial charge in [0.2, 0.25) is 15.9 Å². The van der Waals surface area contributed by atoms with E-state index in [2.05, 4.69) is 5.32 Å². The summed E-state index contributed by atoms with van der Waals surface area (Å²) in [5.41, 5.74) is 0.959. The van der Waals surface area contributed by atoms with Crippen molar-refractivity contribution in [3.8, 4) is 0 Å². The molecule has 0 aromatic heterocycles. The Bertz CT molecular complexity index is 944. The van der Waals surface area contributed by atoms with E-state index in [1.807, 2.05) is 30.3 Å². The summed E-state index contributed by atoms with van der Waals surface area (Å²) in [6.45, 7) is 1.49. The molecule has 2 aliphatic rings. The Labute approximate surface area is 178 Å². The van der Waals surface area contributed by atoms with Gasteiger partial charge in [0.25, 0.3) is 0 Å². The average Bonchev–Trinajstić information content (AvgIpc) is 2.80. The van der Waals surface area contributed by atoms with E-state index in [4.69, 9.17) is 4.74 Å². The first kappa shape index (κ1) is 21.0. The van der Waals surface area contributed by atoms with E-state index < -0.39 is 10.0 Å². The van der Waals surface area contributed by atoms with Gasteiger partial charge in [-0.25, -0.2) is 8.42 Å². The van der Waals surface area contributed by atoms with Gasteiger partial charge < -0.3 is 10.1 Å². The smallest absolute Gasteiger partial charge is 0.243 e. The molecule has 1 N–H and O–H groups in total. The van der Waals surface area contributed by atoms with Gasteiger partial charge in [0, 0.05) is 25.8 Å². The van der Waals surface area contributed by atoms with Crippen molar-refractivity contribution < 1.29 is 17.9 Å². The van der Waals surface area contributed by atoms with Crippen LogP contribution in [0.5, 0.6) is 0 Å². The third-order valence-corrected chi connectivity index (χ3v) is 7.90. The van der Waals surface area contributed by atoms with Gasteiger partial charge in [0.15, 0.2) is 0 Å². The minimum atomic E-state index is -3.73. The van der Waals surface area contributed by atoms with Crippen LogP contribution in [0.1, 0.15) is 37.3 Å². The first-order chi connectivity index (χ1) is 14.6. The molecule has 2 saturated heterocycles. The lowest BCUT2D eigenvalue weighted by Crippen LogP contribution is -2.49. The standard InChI is InChI=1S/C23H28N2O4S/c26-23(24-20-13-15-29-16-14-20)19-11-12-22(18-7-3-1-4-8-18)25(17-19)30(27,28)21-9-5-2-6-10-21/h1-10,19-20,22H,11-17H2,(H,24,26)/t19-,22-/m1/s1. The van der Waals surface area contributed by atoms with Crippen LogP contribution in [-0.4, -0.2) is 44.4 Å². The second-order valence-electron chi connectivity index (χ2n) is 7.98. The Morgan fingerprint density at radius 3 is 2.20 bits per heavy atom. The third kappa shape index (κ3) is 4.58. The fourth-order valence-electron chi connectivity index (χ4n) is 4.32. The zero-order valence-electron chi connectivity index (χ0n) is 16.9. The van der Waals surface area contributed by atoms with Crippen LogP contribution >= 0.6 is 0 Å². The molecule has 0 unspecified atom stereocenters. The van der Waals surface area contributed by atoms with Crippen molar-refractivity contribution >= 4 is 15.9 Å². The SMILES string of the molecule is O=C(NC1CCOCC1)[C@@H]1CC[C@H](c2ccccc2)N(S(=O)(=O)c2ccccc2)C1. The molecule has 4 rings (SSSR count). The van der Waals surface area contributed by atoms with Crippen LogP contribution in [0, 0.1) is 5.92 Å². The molecule has 0 spiro atoms. The van der Waals surface area contributed by atoms with Gasteiger partial charge in [0.05, 0.1) is 16.9 Å². The summed E-state index contributed by atoms with van der Waals surface area (Å²) in [4.78, 5) is 13.2. The van der Waals surface area contributed by atoms with E-state index >= 15 is 0 Å². The molecule has 1 amide bonds. The maximum atomic E-state index is 13.5. The van der Waals surface area contributed by atoms with E-state index in [9.17, 15) is 13.2 Å². The molecule has 160 valence electrons. The van der Waals surface area contributed by atoms with Gasteiger partial charge in [-0.3, -0.25) is 4.79 Å². The highest BCUT2D eigenvalue weighted by Crippen LogP contribution is 2.37. The van der Waals surface area contributed by atoms with E-state index in [0.29, 0.717) is 26.1 Å². The first-order valence-electron chi connectivity index (χ1n) is 10.6. The van der Waals surface area contributed by atoms with E-state index in [0.717, 1.165) is 18.4 Å². The predicted octanol–water partition coefficient (Wildman–Crippen LogP) is 3.12. The molecule has 30 heavy (non-hydrogen) atoms. The number of amides is 1. The predicted molar refractivity (Wildman–Crippen MR) is 114 cm³/mol. The van der Waals surface area contributed by atoms with Crippen molar-refractivity contribution in [2.24, 2.45) is 5.92 Å². The normalized spacial score (nSPS) is 23.7. The maximum Gasteiger partial charge on any atom is 0.243 e. The molecule has 0 bridgehead atoms. The summed E-state index contributed by atoms with van der Waals surface area (Å²) in [5, 5.41) is 3.11. The molecule has 2 fully saturated rings. The lowest BCUT2D eigenvalue weighted by Gasteiger charge is -2.39. The van der Waals surface area contributed by atoms with Gasteiger partial charge >= 0.3 is 0 Å². The molecule has 2 aliphatic heterocycles. The Balaban J connectivity index is 1.58. The summed E-state index contributed by atoms with van der Waals surface area (Å²) < 4.78 is 33.9. The number of ether oxygens (including phenoxy) is 1. The zero-order valence-corrected chi connectivity index (χ0v) is 17.8. The Kier molecular flexibility index (Phi) is 6.51. The Morgan fingerprint density at radius 1 is 0.900 bits per heavy atom. The summed E-state index contributed by atoms with van der Waals surface area (Å²) in [7, 11) is -3.73. The highest BCUT2D eigenvalue weighted by Gasteiger charge is 2.40. The number of carbonyl (C=O) groups is 1. The number of hydrogen-bond acceptors (Lipinski definition) is 4. The van der Waals surface area contributed by atoms with Crippen molar-refractivity contribution in [3.05, 3.63) is 66.2 Å². The summed E-state index contributed by atoms with van der Waals surface area (Å²) in [5.74, 6) is -0.409. The Hall–Kier alpha value is -2.22. The molecular formula is C23H28N2O4S. The second-order valence-corrected chi connectivity index (χ2v) is 9.87. The van der Waals surface area contributed by atoms with Crippen LogP contribution in [0.15, 0.2) is 65.6 Å². The van der Waals surface area contributed by atoms with Crippen LogP contribution < -0.4 is 5.32 Å². The average molecular weight is 429 g/mol. The molecule has 0 saturated carbocycles. The van der Waals surface area contributed by atoms with Crippen molar-refractivity contribution in [1.29, 1.82) is 0 Å². The van der Waals surface area contributed by atoms with Crippen molar-refractivity contribution in [3.63, 3.8) is 0 Å². The Morgan fingerprint density at radius 2 is 1.53 bits per heavy atom. The summed E-state index contributed by atoms with van der Waals surface area (Å²) >= 11 is 0. The second kappa shape index (κ2) is 9.29. The van der Waals surface area contributed by atoms with E-state index in [-0.39, 0.29) is 35.3 Å². The van der Waals surface area contributed by atoms with Gasteiger partial charge in [-0.05, 0) is 43.4 Å². The molecule has 0 radical (unpaired) electrons. The monoisotopic (exact) mass is 428 g/mol. The highest BCUT2D eigenvalue weighted by molar-refractivity contribution is 7.89. The topological polar surface area (TPSA) is 75.7 Å². The van der Waals surface area contributed by atoms with Crippen molar-refractivity contribution in [1.82, 2.24) is 9.62 Å². The van der Waals surface area contributed by atoms with Crippen LogP contribution in [0.25, 0.3) is 0 Å². The van der Waals surface area contributed by atoms with Crippen LogP contribution in [0.3, 0.4) is 0 Å². The van der Waals surface area contributed by atoms with Crippen LogP contribution in [0.2, 0.25) is 0 Å². The molecule has 2 atom stereocenters. The number of nitrogens with one attached hydrogen (secondary N) is 1. The lowest BCUT2D eigenvalue weighted by molar-refractivity contribution is -0.127. The number of rotatable bonds is 5. The van der Waals surface area contributed by atoms with Gasteiger partial charge in [-0.1, -0.05) is 48.5 Å². The minimum Gasteiger partial charge on any atom is -0.381 e. The van der Waals surface area contributed by atoms with E-state index in [1.165, 1.54) is 4.31 Å². The molecule has 7 heteroatoms. The number of hydrogen-bond donors (Lipinski definition) is 1. The number of benzene rings is 2. The maximum absolute atomic E-state index is 13.5. The fourth-order valence-corrected chi connectivity index (χ4v) is 6.03. The lowest BCUT2D eigenvalue weighted by atomic mass is 9.90. The summed E-state index contributed by atoms with van der Waals surface area (Å²) in [6, 6.07) is 18.0. The molecule has 2 aromatic rings. The fraction of sp³-hybridized carbons (Fsp3) is 0.435. The zero-order chi connectivity index (χ0) is 21.0. The molecular weight excluding hydrogens is 400 g/mol. The van der Waals surface area contributed by atoms with E-state index in [1.54, 1.807) is 30.3 Å².